The van der Waals surface area contributed by atoms with Crippen LogP contribution in [0.5, 0.6) is 11.8 Å². The van der Waals surface area contributed by atoms with Crippen molar-refractivity contribution in [3.8, 4) is 22.9 Å². The fraction of sp³-hybridized carbons (Fsp3) is 0.500. The topological polar surface area (TPSA) is 79.8 Å². The van der Waals surface area contributed by atoms with Crippen LogP contribution in [0.2, 0.25) is 0 Å². The Kier molecular flexibility index (Phi) is 9.89. The van der Waals surface area contributed by atoms with Crippen molar-refractivity contribution in [3.05, 3.63) is 71.3 Å². The highest BCUT2D eigenvalue weighted by Crippen LogP contribution is 2.53. The van der Waals surface area contributed by atoms with Gasteiger partial charge in [-0.25, -0.2) is 14.4 Å². The summed E-state index contributed by atoms with van der Waals surface area (Å²) >= 11 is 0. The molecule has 2 heterocycles. The summed E-state index contributed by atoms with van der Waals surface area (Å²) in [6.07, 6.45) is 5.38. The molecule has 0 N–H and O–H groups in total. The van der Waals surface area contributed by atoms with Crippen molar-refractivity contribution in [2.45, 2.75) is 59.2 Å². The predicted octanol–water partition coefficient (Wildman–Crippen LogP) is 8.04. The molecule has 0 spiro atoms. The molecule has 1 aliphatic rings. The molecule has 0 amide bonds. The zero-order valence-corrected chi connectivity index (χ0v) is 26.0. The Labute approximate surface area is 243 Å². The molecule has 2 aromatic heterocycles. The predicted molar refractivity (Wildman–Crippen MR) is 159 cm³/mol. The number of benzene rings is 1. The van der Waals surface area contributed by atoms with E-state index in [1.807, 2.05) is 37.3 Å². The fourth-order valence-corrected chi connectivity index (χ4v) is 7.32. The normalized spacial score (nSPS) is 16.6. The Bertz CT molecular complexity index is 1390. The van der Waals surface area contributed by atoms with E-state index in [0.717, 1.165) is 29.5 Å². The Morgan fingerprint density at radius 3 is 2.44 bits per heavy atom. The summed E-state index contributed by atoms with van der Waals surface area (Å²) in [7, 11) is 0.485. The van der Waals surface area contributed by atoms with Crippen LogP contribution in [0.25, 0.3) is 11.1 Å². The number of ether oxygens (including phenoxy) is 3. The van der Waals surface area contributed by atoms with E-state index in [4.69, 9.17) is 18.7 Å². The van der Waals surface area contributed by atoms with Gasteiger partial charge in [-0.15, -0.1) is 0 Å². The Morgan fingerprint density at radius 1 is 1.05 bits per heavy atom. The summed E-state index contributed by atoms with van der Waals surface area (Å²) in [4.78, 5) is 8.43. The smallest absolute Gasteiger partial charge is 0.213 e. The number of rotatable bonds is 13. The van der Waals surface area contributed by atoms with Gasteiger partial charge in [0.05, 0.1) is 26.0 Å². The Hall–Kier alpha value is -2.80. The second-order valence-corrected chi connectivity index (χ2v) is 14.5. The molecular formula is C32H42FN2O5P. The van der Waals surface area contributed by atoms with E-state index < -0.39 is 13.2 Å². The molecule has 0 bridgehead atoms. The van der Waals surface area contributed by atoms with Gasteiger partial charge >= 0.3 is 0 Å². The highest BCUT2D eigenvalue weighted by Gasteiger charge is 2.36. The lowest BCUT2D eigenvalue weighted by Gasteiger charge is -2.32. The van der Waals surface area contributed by atoms with Gasteiger partial charge in [-0.1, -0.05) is 32.9 Å². The summed E-state index contributed by atoms with van der Waals surface area (Å²) in [5, 5.41) is 0. The Balaban J connectivity index is 1.62. The van der Waals surface area contributed by atoms with Crippen molar-refractivity contribution in [1.82, 2.24) is 9.97 Å². The molecule has 1 saturated carbocycles. The van der Waals surface area contributed by atoms with E-state index in [9.17, 15) is 8.96 Å². The Morgan fingerprint density at radius 2 is 1.80 bits per heavy atom. The molecule has 0 radical (unpaired) electrons. The molecule has 222 valence electrons. The number of aromatic nitrogens is 2. The third-order valence-corrected chi connectivity index (χ3v) is 9.31. The second kappa shape index (κ2) is 13.0. The van der Waals surface area contributed by atoms with Crippen LogP contribution in [0.4, 0.5) is 4.39 Å². The third-order valence-electron chi connectivity index (χ3n) is 7.45. The molecule has 0 aliphatic heterocycles. The van der Waals surface area contributed by atoms with Crippen LogP contribution >= 0.6 is 7.37 Å². The summed E-state index contributed by atoms with van der Waals surface area (Å²) < 4.78 is 50.9. The van der Waals surface area contributed by atoms with E-state index >= 15 is 0 Å². The minimum atomic E-state index is -2.69. The zero-order valence-electron chi connectivity index (χ0n) is 25.1. The van der Waals surface area contributed by atoms with Crippen molar-refractivity contribution in [3.63, 3.8) is 0 Å². The van der Waals surface area contributed by atoms with Gasteiger partial charge in [-0.05, 0) is 71.4 Å². The molecule has 1 aliphatic carbocycles. The molecule has 7 nitrogen and oxygen atoms in total. The van der Waals surface area contributed by atoms with E-state index in [-0.39, 0.29) is 24.0 Å². The van der Waals surface area contributed by atoms with Crippen LogP contribution < -0.4 is 9.47 Å². The molecule has 1 unspecified atom stereocenters. The van der Waals surface area contributed by atoms with Crippen molar-refractivity contribution in [2.75, 3.05) is 33.7 Å². The largest absolute Gasteiger partial charge is 0.481 e. The number of pyridine rings is 2. The van der Waals surface area contributed by atoms with E-state index in [1.165, 1.54) is 13.3 Å². The maximum absolute atomic E-state index is 15.0. The average molecular weight is 585 g/mol. The van der Waals surface area contributed by atoms with Gasteiger partial charge in [0.25, 0.3) is 0 Å². The van der Waals surface area contributed by atoms with Crippen LogP contribution in [-0.2, 0) is 20.4 Å². The van der Waals surface area contributed by atoms with Gasteiger partial charge in [-0.2, -0.15) is 0 Å². The quantitative estimate of drug-likeness (QED) is 0.188. The van der Waals surface area contributed by atoms with Crippen LogP contribution in [0.15, 0.2) is 48.8 Å². The number of methoxy groups -OCH3 is 2. The molecular weight excluding hydrogens is 542 g/mol. The molecule has 3 aromatic rings. The lowest BCUT2D eigenvalue weighted by atomic mass is 9.81. The first kappa shape index (κ1) is 31.1. The lowest BCUT2D eigenvalue weighted by Crippen LogP contribution is -2.21. The van der Waals surface area contributed by atoms with Crippen LogP contribution in [0.3, 0.4) is 0 Å². The van der Waals surface area contributed by atoms with Gasteiger partial charge in [0, 0.05) is 43.8 Å². The molecule has 1 fully saturated rings. The van der Waals surface area contributed by atoms with Crippen molar-refractivity contribution >= 4 is 7.37 Å². The fourth-order valence-electron chi connectivity index (χ4n) is 5.45. The highest BCUT2D eigenvalue weighted by atomic mass is 31.2. The van der Waals surface area contributed by atoms with Gasteiger partial charge in [-0.3, -0.25) is 4.57 Å². The van der Waals surface area contributed by atoms with Crippen LogP contribution in [-0.4, -0.2) is 43.6 Å². The summed E-state index contributed by atoms with van der Waals surface area (Å²) in [5.41, 5.74) is 3.66. The zero-order chi connectivity index (χ0) is 29.8. The van der Waals surface area contributed by atoms with Crippen LogP contribution in [0.1, 0.15) is 69.2 Å². The van der Waals surface area contributed by atoms with Gasteiger partial charge in [0.2, 0.25) is 19.1 Å². The standard InChI is InChI=1S/C32H42FN2O5P/c1-8-40-41(7,36)20-27(22-10-11-22)23-13-14-34-30(16-23)39-19-21-9-12-24(25-17-29(37-5)35-18-28(25)33)26(15-21)31(38-6)32(2,3)4/h9,12-18,22,27,31H,8,10-11,19-20H2,1-7H3/t27-,31+,41?/m0/s1. The van der Waals surface area contributed by atoms with Crippen molar-refractivity contribution in [2.24, 2.45) is 11.3 Å². The second-order valence-electron chi connectivity index (χ2n) is 11.9. The summed E-state index contributed by atoms with van der Waals surface area (Å²) in [6.45, 7) is 10.6. The van der Waals surface area contributed by atoms with Gasteiger partial charge in [0.1, 0.15) is 12.4 Å². The SMILES string of the molecule is CCOP(C)(=O)C[C@H](c1ccnc(OCc2ccc(-c3cc(OC)ncc3F)c([C@@H](OC)C(C)(C)C)c2)c1)C1CC1. The number of hydrogen-bond acceptors (Lipinski definition) is 7. The van der Waals surface area contributed by atoms with Gasteiger partial charge in [0.15, 0.2) is 0 Å². The van der Waals surface area contributed by atoms with E-state index in [0.29, 0.717) is 41.6 Å². The molecule has 41 heavy (non-hydrogen) atoms. The lowest BCUT2D eigenvalue weighted by molar-refractivity contribution is 0.0155. The monoisotopic (exact) mass is 584 g/mol. The summed E-state index contributed by atoms with van der Waals surface area (Å²) in [5.74, 6) is 1.05. The third kappa shape index (κ3) is 7.94. The average Bonchev–Trinajstić information content (AvgIpc) is 3.76. The van der Waals surface area contributed by atoms with Crippen molar-refractivity contribution < 1.29 is 27.7 Å². The number of hydrogen-bond donors (Lipinski definition) is 0. The van der Waals surface area contributed by atoms with Gasteiger partial charge < -0.3 is 18.7 Å². The molecule has 3 atom stereocenters. The molecule has 9 heteroatoms. The van der Waals surface area contributed by atoms with Crippen LogP contribution in [0, 0.1) is 17.2 Å². The maximum Gasteiger partial charge on any atom is 0.213 e. The highest BCUT2D eigenvalue weighted by molar-refractivity contribution is 7.58. The summed E-state index contributed by atoms with van der Waals surface area (Å²) in [6, 6.07) is 11.4. The number of halogens is 1. The van der Waals surface area contributed by atoms with E-state index in [2.05, 4.69) is 30.7 Å². The first-order chi connectivity index (χ1) is 19.5. The van der Waals surface area contributed by atoms with E-state index in [1.54, 1.807) is 26.0 Å². The first-order valence-corrected chi connectivity index (χ1v) is 16.4. The minimum absolute atomic E-state index is 0.148. The first-order valence-electron chi connectivity index (χ1n) is 14.1. The maximum atomic E-state index is 15.0. The number of nitrogens with zero attached hydrogens (tertiary/aromatic N) is 2. The molecule has 0 saturated heterocycles. The minimum Gasteiger partial charge on any atom is -0.481 e. The molecule has 1 aromatic carbocycles. The van der Waals surface area contributed by atoms with Crippen molar-refractivity contribution in [1.29, 1.82) is 0 Å². The molecule has 4 rings (SSSR count).